The summed E-state index contributed by atoms with van der Waals surface area (Å²) in [7, 11) is 0. The second-order valence-corrected chi connectivity index (χ2v) is 8.01. The number of nitrogens with zero attached hydrogens (tertiary/aromatic N) is 5. The number of H-pyrrole nitrogens is 1. The van der Waals surface area contributed by atoms with Crippen molar-refractivity contribution in [2.75, 3.05) is 19.7 Å². The van der Waals surface area contributed by atoms with Gasteiger partial charge in [-0.3, -0.25) is 10.00 Å². The lowest BCUT2D eigenvalue weighted by molar-refractivity contribution is -0.0359. The smallest absolute Gasteiger partial charge is 0.124 e. The topological polar surface area (TPSA) is 71.9 Å². The summed E-state index contributed by atoms with van der Waals surface area (Å²) >= 11 is 0. The van der Waals surface area contributed by atoms with Gasteiger partial charge in [0.2, 0.25) is 0 Å². The largest absolute Gasteiger partial charge is 0.369 e. The minimum atomic E-state index is -0.0533. The molecule has 1 fully saturated rings. The Hall–Kier alpha value is -3.03. The molecule has 0 bridgehead atoms. The summed E-state index contributed by atoms with van der Waals surface area (Å²) in [5.41, 5.74) is 5.09. The molecule has 1 aromatic carbocycles. The number of morpholine rings is 1. The second kappa shape index (κ2) is 8.01. The van der Waals surface area contributed by atoms with E-state index >= 15 is 0 Å². The third-order valence-electron chi connectivity index (χ3n) is 5.60. The predicted molar refractivity (Wildman–Crippen MR) is 116 cm³/mol. The molecule has 7 nitrogen and oxygen atoms in total. The van der Waals surface area contributed by atoms with Crippen LogP contribution in [0.15, 0.2) is 54.9 Å². The maximum Gasteiger partial charge on any atom is 0.124 e. The minimum absolute atomic E-state index is 0.0533. The average molecular weight is 403 g/mol. The molecule has 1 aliphatic rings. The van der Waals surface area contributed by atoms with Gasteiger partial charge in [0.25, 0.3) is 0 Å². The number of hydrogen-bond donors (Lipinski definition) is 1. The highest BCUT2D eigenvalue weighted by molar-refractivity contribution is 5.76. The van der Waals surface area contributed by atoms with Gasteiger partial charge in [0, 0.05) is 30.9 Å². The van der Waals surface area contributed by atoms with Gasteiger partial charge in [0.15, 0.2) is 0 Å². The van der Waals surface area contributed by atoms with Crippen LogP contribution in [-0.4, -0.2) is 49.3 Å². The molecule has 1 saturated heterocycles. The Balaban J connectivity index is 1.37. The number of aromatic amines is 1. The van der Waals surface area contributed by atoms with Gasteiger partial charge >= 0.3 is 0 Å². The third kappa shape index (κ3) is 3.62. The first-order valence-corrected chi connectivity index (χ1v) is 10.4. The zero-order chi connectivity index (χ0) is 20.5. The fourth-order valence-corrected chi connectivity index (χ4v) is 4.19. The molecule has 0 aliphatic carbocycles. The molecule has 4 heterocycles. The van der Waals surface area contributed by atoms with Crippen LogP contribution in [0, 0.1) is 0 Å². The highest BCUT2D eigenvalue weighted by Gasteiger charge is 2.25. The van der Waals surface area contributed by atoms with E-state index in [-0.39, 0.29) is 6.10 Å². The molecule has 0 saturated carbocycles. The molecular weight excluding hydrogens is 376 g/mol. The van der Waals surface area contributed by atoms with Gasteiger partial charge in [-0.15, -0.1) is 0 Å². The average Bonchev–Trinajstić information content (AvgIpc) is 3.42. The van der Waals surface area contributed by atoms with Gasteiger partial charge in [-0.25, -0.2) is 9.97 Å². The molecule has 7 heteroatoms. The van der Waals surface area contributed by atoms with E-state index in [9.17, 15) is 0 Å². The number of rotatable bonds is 5. The summed E-state index contributed by atoms with van der Waals surface area (Å²) in [5.74, 6) is 1.10. The zero-order valence-corrected chi connectivity index (χ0v) is 17.3. The van der Waals surface area contributed by atoms with Gasteiger partial charge in [-0.05, 0) is 38.1 Å². The van der Waals surface area contributed by atoms with Crippen LogP contribution in [0.3, 0.4) is 0 Å². The first-order valence-electron chi connectivity index (χ1n) is 10.4. The third-order valence-corrected chi connectivity index (χ3v) is 5.60. The van der Waals surface area contributed by atoms with Crippen molar-refractivity contribution in [3.05, 3.63) is 66.4 Å². The van der Waals surface area contributed by atoms with Crippen molar-refractivity contribution in [1.29, 1.82) is 0 Å². The van der Waals surface area contributed by atoms with E-state index < -0.39 is 0 Å². The summed E-state index contributed by atoms with van der Waals surface area (Å²) in [6, 6.07) is 14.8. The first-order chi connectivity index (χ1) is 14.7. The highest BCUT2D eigenvalue weighted by Crippen LogP contribution is 2.26. The monoisotopic (exact) mass is 402 g/mol. The molecule has 1 N–H and O–H groups in total. The van der Waals surface area contributed by atoms with Crippen molar-refractivity contribution < 1.29 is 4.74 Å². The molecular formula is C23H26N6O. The summed E-state index contributed by atoms with van der Waals surface area (Å²) in [4.78, 5) is 12.2. The number of ether oxygens (including phenoxy) is 1. The van der Waals surface area contributed by atoms with Crippen LogP contribution in [0.5, 0.6) is 0 Å². The Kier molecular flexibility index (Phi) is 5.06. The van der Waals surface area contributed by atoms with Crippen LogP contribution in [0.1, 0.15) is 37.5 Å². The molecule has 0 radical (unpaired) electrons. The standard InChI is InChI=1S/C23H26N6O/c1-16(2)29-21-9-4-3-6-19(21)27-23(29)15-28-10-11-30-22(14-28)20-8-5-7-18(26-20)17-12-24-25-13-17/h3-9,12-13,16,22H,10-11,14-15H2,1-2H3,(H,24,25). The Bertz CT molecular complexity index is 1130. The van der Waals surface area contributed by atoms with Crippen LogP contribution in [0.4, 0.5) is 0 Å². The second-order valence-electron chi connectivity index (χ2n) is 8.01. The van der Waals surface area contributed by atoms with Gasteiger partial charge in [0.05, 0.1) is 41.8 Å². The first kappa shape index (κ1) is 19.0. The van der Waals surface area contributed by atoms with E-state index in [1.54, 1.807) is 6.20 Å². The van der Waals surface area contributed by atoms with E-state index in [0.717, 1.165) is 47.9 Å². The number of fused-ring (bicyclic) bond motifs is 1. The molecule has 0 spiro atoms. The van der Waals surface area contributed by atoms with Crippen LogP contribution in [0.25, 0.3) is 22.3 Å². The summed E-state index contributed by atoms with van der Waals surface area (Å²) in [5, 5.41) is 6.87. The Morgan fingerprint density at radius 1 is 1.13 bits per heavy atom. The Labute approximate surface area is 175 Å². The number of pyridine rings is 1. The van der Waals surface area contributed by atoms with E-state index in [0.29, 0.717) is 12.6 Å². The predicted octanol–water partition coefficient (Wildman–Crippen LogP) is 3.98. The molecule has 0 amide bonds. The maximum absolute atomic E-state index is 6.09. The summed E-state index contributed by atoms with van der Waals surface area (Å²) in [6.45, 7) is 7.59. The van der Waals surface area contributed by atoms with Crippen molar-refractivity contribution in [3.8, 4) is 11.3 Å². The van der Waals surface area contributed by atoms with Crippen LogP contribution in [-0.2, 0) is 11.3 Å². The van der Waals surface area contributed by atoms with Crippen molar-refractivity contribution in [2.45, 2.75) is 32.5 Å². The Morgan fingerprint density at radius 2 is 2.03 bits per heavy atom. The Morgan fingerprint density at radius 3 is 2.87 bits per heavy atom. The molecule has 154 valence electrons. The number of benzene rings is 1. The fraction of sp³-hybridized carbons (Fsp3) is 0.348. The number of hydrogen-bond acceptors (Lipinski definition) is 5. The van der Waals surface area contributed by atoms with Crippen LogP contribution in [0.2, 0.25) is 0 Å². The molecule has 1 atom stereocenters. The van der Waals surface area contributed by atoms with Gasteiger partial charge < -0.3 is 9.30 Å². The van der Waals surface area contributed by atoms with Gasteiger partial charge in [-0.2, -0.15) is 5.10 Å². The molecule has 5 rings (SSSR count). The van der Waals surface area contributed by atoms with Gasteiger partial charge in [0.1, 0.15) is 11.9 Å². The SMILES string of the molecule is CC(C)n1c(CN2CCOC(c3cccc(-c4cn[nH]c4)n3)C2)nc2ccccc21. The molecule has 4 aromatic rings. The number of imidazole rings is 1. The van der Waals surface area contributed by atoms with Crippen LogP contribution >= 0.6 is 0 Å². The van der Waals surface area contributed by atoms with Crippen molar-refractivity contribution >= 4 is 11.0 Å². The molecule has 1 unspecified atom stereocenters. The van der Waals surface area contributed by atoms with Gasteiger partial charge in [-0.1, -0.05) is 18.2 Å². The minimum Gasteiger partial charge on any atom is -0.369 e. The quantitative estimate of drug-likeness (QED) is 0.547. The summed E-state index contributed by atoms with van der Waals surface area (Å²) < 4.78 is 8.43. The normalized spacial score (nSPS) is 17.8. The molecule has 3 aromatic heterocycles. The highest BCUT2D eigenvalue weighted by atomic mass is 16.5. The van der Waals surface area contributed by atoms with E-state index in [1.165, 1.54) is 5.52 Å². The lowest BCUT2D eigenvalue weighted by atomic mass is 10.1. The summed E-state index contributed by atoms with van der Waals surface area (Å²) in [6.07, 6.45) is 3.59. The fourth-order valence-electron chi connectivity index (χ4n) is 4.19. The lowest BCUT2D eigenvalue weighted by Gasteiger charge is -2.32. The van der Waals surface area contributed by atoms with Crippen molar-refractivity contribution in [3.63, 3.8) is 0 Å². The van der Waals surface area contributed by atoms with E-state index in [2.05, 4.69) is 51.7 Å². The molecule has 1 aliphatic heterocycles. The van der Waals surface area contributed by atoms with Crippen LogP contribution < -0.4 is 0 Å². The van der Waals surface area contributed by atoms with E-state index in [4.69, 9.17) is 14.7 Å². The van der Waals surface area contributed by atoms with Crippen molar-refractivity contribution in [2.24, 2.45) is 0 Å². The number of aromatic nitrogens is 5. The number of para-hydroxylation sites is 2. The number of nitrogens with one attached hydrogen (secondary N) is 1. The lowest BCUT2D eigenvalue weighted by Crippen LogP contribution is -2.38. The maximum atomic E-state index is 6.09. The molecule has 30 heavy (non-hydrogen) atoms. The van der Waals surface area contributed by atoms with Crippen molar-refractivity contribution in [1.82, 2.24) is 29.6 Å². The zero-order valence-electron chi connectivity index (χ0n) is 17.3. The van der Waals surface area contributed by atoms with E-state index in [1.807, 2.05) is 30.5 Å².